The van der Waals surface area contributed by atoms with Gasteiger partial charge >= 0.3 is 0 Å². The van der Waals surface area contributed by atoms with Crippen LogP contribution in [0.3, 0.4) is 0 Å². The Morgan fingerprint density at radius 1 is 1.29 bits per heavy atom. The number of hydrogen-bond acceptors (Lipinski definition) is 7. The van der Waals surface area contributed by atoms with Crippen molar-refractivity contribution in [3.8, 4) is 0 Å². The highest BCUT2D eigenvalue weighted by molar-refractivity contribution is 9.10. The van der Waals surface area contributed by atoms with Crippen LogP contribution < -0.4 is 11.1 Å². The minimum absolute atomic E-state index is 0.178. The van der Waals surface area contributed by atoms with E-state index in [1.165, 1.54) is 6.07 Å². The van der Waals surface area contributed by atoms with Gasteiger partial charge in [0.15, 0.2) is 10.4 Å². The number of hydrogen-bond donors (Lipinski definition) is 2. The van der Waals surface area contributed by atoms with Crippen LogP contribution in [-0.4, -0.2) is 57.5 Å². The van der Waals surface area contributed by atoms with E-state index >= 15 is 0 Å². The van der Waals surface area contributed by atoms with Crippen molar-refractivity contribution in [2.24, 2.45) is 7.05 Å². The summed E-state index contributed by atoms with van der Waals surface area (Å²) in [5, 5.41) is 7.50. The Kier molecular flexibility index (Phi) is 5.42. The molecule has 10 heteroatoms. The lowest BCUT2D eigenvalue weighted by Crippen LogP contribution is -2.42. The molecule has 1 unspecified atom stereocenters. The number of rotatable bonds is 5. The third-order valence-corrected chi connectivity index (χ3v) is 5.41. The molecule has 0 aliphatic carbocycles. The molecule has 0 amide bonds. The number of nitrogen functional groups attached to an aromatic ring is 1. The summed E-state index contributed by atoms with van der Waals surface area (Å²) < 4.78 is 22.2. The molecule has 0 saturated carbocycles. The highest BCUT2D eigenvalue weighted by Gasteiger charge is 2.25. The maximum atomic E-state index is 14.5. The van der Waals surface area contributed by atoms with Crippen LogP contribution in [0.25, 0.3) is 11.0 Å². The number of nitrogens with two attached hydrogens (primary N) is 1. The highest BCUT2D eigenvalue weighted by Crippen LogP contribution is 2.27. The van der Waals surface area contributed by atoms with Crippen molar-refractivity contribution in [3.63, 3.8) is 0 Å². The van der Waals surface area contributed by atoms with Crippen LogP contribution in [-0.2, 0) is 11.8 Å². The minimum Gasteiger partial charge on any atom is -0.382 e. The third-order valence-electron chi connectivity index (χ3n) is 4.87. The summed E-state index contributed by atoms with van der Waals surface area (Å²) >= 11 is 3.40. The molecule has 4 rings (SSSR count). The van der Waals surface area contributed by atoms with Gasteiger partial charge in [-0.25, -0.2) is 9.37 Å². The van der Waals surface area contributed by atoms with E-state index in [4.69, 9.17) is 10.5 Å². The minimum atomic E-state index is -0.230. The highest BCUT2D eigenvalue weighted by atomic mass is 79.9. The summed E-state index contributed by atoms with van der Waals surface area (Å²) in [4.78, 5) is 11.1. The average molecular weight is 450 g/mol. The topological polar surface area (TPSA) is 94.1 Å². The van der Waals surface area contributed by atoms with Gasteiger partial charge in [0.05, 0.1) is 19.3 Å². The quantitative estimate of drug-likeness (QED) is 0.616. The molecule has 1 fully saturated rings. The molecular weight excluding hydrogens is 429 g/mol. The van der Waals surface area contributed by atoms with Crippen molar-refractivity contribution in [3.05, 3.63) is 40.2 Å². The first-order valence-electron chi connectivity index (χ1n) is 9.00. The third kappa shape index (κ3) is 3.67. The molecular formula is C18H21BrFN7O. The summed E-state index contributed by atoms with van der Waals surface area (Å²) in [6.07, 6.45) is 0. The fourth-order valence-corrected chi connectivity index (χ4v) is 4.02. The molecule has 3 N–H and O–H groups in total. The van der Waals surface area contributed by atoms with Gasteiger partial charge in [0.25, 0.3) is 0 Å². The van der Waals surface area contributed by atoms with E-state index in [0.717, 1.165) is 13.1 Å². The molecule has 0 bridgehead atoms. The Balaban J connectivity index is 1.62. The number of aryl methyl sites for hydroxylation is 1. The molecule has 0 spiro atoms. The molecule has 1 aliphatic heterocycles. The van der Waals surface area contributed by atoms with Crippen LogP contribution >= 0.6 is 15.9 Å². The van der Waals surface area contributed by atoms with Crippen molar-refractivity contribution >= 4 is 38.7 Å². The van der Waals surface area contributed by atoms with Gasteiger partial charge < -0.3 is 15.8 Å². The zero-order chi connectivity index (χ0) is 19.7. The maximum absolute atomic E-state index is 14.5. The Hall–Kier alpha value is -2.30. The normalized spacial score (nSPS) is 16.4. The number of benzene rings is 1. The van der Waals surface area contributed by atoms with Gasteiger partial charge in [-0.3, -0.25) is 9.58 Å². The molecule has 8 nitrogen and oxygen atoms in total. The summed E-state index contributed by atoms with van der Waals surface area (Å²) in [5.74, 6) is 0.488. The first-order valence-corrected chi connectivity index (χ1v) is 9.79. The number of nitrogens with one attached hydrogen (secondary N) is 1. The summed E-state index contributed by atoms with van der Waals surface area (Å²) in [6, 6.07) is 6.66. The maximum Gasteiger partial charge on any atom is 0.225 e. The summed E-state index contributed by atoms with van der Waals surface area (Å²) in [7, 11) is 1.78. The van der Waals surface area contributed by atoms with Gasteiger partial charge in [0, 0.05) is 32.2 Å². The van der Waals surface area contributed by atoms with E-state index in [1.54, 1.807) is 17.8 Å². The molecule has 1 atom stereocenters. The molecule has 28 heavy (non-hydrogen) atoms. The fraction of sp³-hybridized carbons (Fsp3) is 0.389. The lowest BCUT2D eigenvalue weighted by molar-refractivity contribution is 0.0180. The van der Waals surface area contributed by atoms with E-state index in [-0.39, 0.29) is 11.9 Å². The van der Waals surface area contributed by atoms with Gasteiger partial charge in [-0.1, -0.05) is 18.2 Å². The van der Waals surface area contributed by atoms with Crippen molar-refractivity contribution < 1.29 is 9.13 Å². The van der Waals surface area contributed by atoms with Gasteiger partial charge in [0.1, 0.15) is 16.9 Å². The van der Waals surface area contributed by atoms with E-state index < -0.39 is 0 Å². The number of fused-ring (bicyclic) bond motifs is 1. The van der Waals surface area contributed by atoms with E-state index in [1.807, 2.05) is 12.1 Å². The standard InChI is InChI=1S/C18H21BrFN7O/c1-26-15-14(16(19)25-26)23-18(24-17(15)21)22-10-13(27-6-8-28-9-7-27)11-4-2-3-5-12(11)20/h2-5,13H,6-10H2,1H3,(H3,21,22,23,24). The van der Waals surface area contributed by atoms with Crippen LogP contribution in [0.4, 0.5) is 16.2 Å². The summed E-state index contributed by atoms with van der Waals surface area (Å²) in [6.45, 7) is 3.16. The lowest BCUT2D eigenvalue weighted by Gasteiger charge is -2.35. The second kappa shape index (κ2) is 7.98. The van der Waals surface area contributed by atoms with Crippen molar-refractivity contribution in [1.82, 2.24) is 24.6 Å². The van der Waals surface area contributed by atoms with Crippen LogP contribution in [0.15, 0.2) is 28.9 Å². The van der Waals surface area contributed by atoms with Gasteiger partial charge in [-0.15, -0.1) is 0 Å². The molecule has 1 aromatic carbocycles. The van der Waals surface area contributed by atoms with Crippen LogP contribution in [0.5, 0.6) is 0 Å². The van der Waals surface area contributed by atoms with Gasteiger partial charge in [-0.2, -0.15) is 10.1 Å². The Labute approximate surface area is 170 Å². The number of morpholine rings is 1. The number of halogens is 2. The van der Waals surface area contributed by atoms with E-state index in [2.05, 4.69) is 41.2 Å². The monoisotopic (exact) mass is 449 g/mol. The Morgan fingerprint density at radius 2 is 2.04 bits per heavy atom. The first kappa shape index (κ1) is 19.0. The predicted molar refractivity (Wildman–Crippen MR) is 108 cm³/mol. The molecule has 148 valence electrons. The molecule has 0 radical (unpaired) electrons. The second-order valence-corrected chi connectivity index (χ2v) is 7.36. The number of ether oxygens (including phenoxy) is 1. The Bertz CT molecular complexity index is 989. The van der Waals surface area contributed by atoms with E-state index in [0.29, 0.717) is 52.7 Å². The van der Waals surface area contributed by atoms with Crippen molar-refractivity contribution in [2.75, 3.05) is 43.9 Å². The second-order valence-electron chi connectivity index (χ2n) is 6.61. The largest absolute Gasteiger partial charge is 0.382 e. The summed E-state index contributed by atoms with van der Waals surface area (Å²) in [5.41, 5.74) is 8.02. The lowest BCUT2D eigenvalue weighted by atomic mass is 10.0. The van der Waals surface area contributed by atoms with Crippen molar-refractivity contribution in [2.45, 2.75) is 6.04 Å². The van der Waals surface area contributed by atoms with Crippen molar-refractivity contribution in [1.29, 1.82) is 0 Å². The average Bonchev–Trinajstić information content (AvgIpc) is 2.98. The number of aromatic nitrogens is 4. The zero-order valence-corrected chi connectivity index (χ0v) is 17.0. The van der Waals surface area contributed by atoms with Gasteiger partial charge in [0.2, 0.25) is 5.95 Å². The van der Waals surface area contributed by atoms with Crippen LogP contribution in [0, 0.1) is 5.82 Å². The zero-order valence-electron chi connectivity index (χ0n) is 15.4. The fourth-order valence-electron chi connectivity index (χ4n) is 3.50. The smallest absolute Gasteiger partial charge is 0.225 e. The number of nitrogens with zero attached hydrogens (tertiary/aromatic N) is 5. The van der Waals surface area contributed by atoms with Crippen LogP contribution in [0.2, 0.25) is 0 Å². The molecule has 1 saturated heterocycles. The van der Waals surface area contributed by atoms with Gasteiger partial charge in [-0.05, 0) is 22.0 Å². The predicted octanol–water partition coefficient (Wildman–Crippen LogP) is 2.33. The molecule has 3 aromatic rings. The molecule has 1 aliphatic rings. The molecule has 2 aromatic heterocycles. The SMILES string of the molecule is Cn1nc(Br)c2nc(NCC(c3ccccc3F)N3CCOCC3)nc(N)c21. The van der Waals surface area contributed by atoms with E-state index in [9.17, 15) is 4.39 Å². The van der Waals surface area contributed by atoms with Crippen LogP contribution in [0.1, 0.15) is 11.6 Å². The first-order chi connectivity index (χ1) is 13.5. The molecule has 3 heterocycles. The Morgan fingerprint density at radius 3 is 2.79 bits per heavy atom. The number of anilines is 2.